The van der Waals surface area contributed by atoms with E-state index in [0.29, 0.717) is 0 Å². The minimum absolute atomic E-state index is 1.75. The summed E-state index contributed by atoms with van der Waals surface area (Å²) in [6.07, 6.45) is 7.54. The molecule has 0 aliphatic rings. The monoisotopic (exact) mass is 84.1 g/mol. The van der Waals surface area contributed by atoms with Gasteiger partial charge in [0.25, 0.3) is 0 Å². The molecule has 0 heterocycles. The summed E-state index contributed by atoms with van der Waals surface area (Å²) in [5.74, 6) is 0. The van der Waals surface area contributed by atoms with E-state index in [1.165, 1.54) is 0 Å². The number of allylic oxidation sites excluding steroid dienone is 3. The van der Waals surface area contributed by atoms with Crippen molar-refractivity contribution < 1.29 is 5.73 Å². The lowest BCUT2D eigenvalue weighted by Gasteiger charge is -1.60. The van der Waals surface area contributed by atoms with Crippen LogP contribution in [-0.4, -0.2) is 0 Å². The van der Waals surface area contributed by atoms with Crippen molar-refractivity contribution in [2.45, 2.75) is 6.92 Å². The van der Waals surface area contributed by atoms with Crippen LogP contribution < -0.4 is 5.73 Å². The van der Waals surface area contributed by atoms with Gasteiger partial charge in [-0.1, -0.05) is 12.2 Å². The number of quaternary nitrogens is 1. The van der Waals surface area contributed by atoms with Crippen LogP contribution in [0.15, 0.2) is 24.4 Å². The first-order chi connectivity index (χ1) is 2.91. The highest BCUT2D eigenvalue weighted by Crippen LogP contribution is 1.66. The molecule has 34 valence electrons. The van der Waals surface area contributed by atoms with Gasteiger partial charge in [-0.05, 0) is 13.0 Å². The average molecular weight is 84.1 g/mol. The molecule has 3 N–H and O–H groups in total. The van der Waals surface area contributed by atoms with Gasteiger partial charge in [0.15, 0.2) is 0 Å². The molecule has 0 aromatic carbocycles. The van der Waals surface area contributed by atoms with Crippen LogP contribution in [0.2, 0.25) is 0 Å². The van der Waals surface area contributed by atoms with Gasteiger partial charge in [0.1, 0.15) is 0 Å². The Labute approximate surface area is 38.2 Å². The van der Waals surface area contributed by atoms with E-state index in [9.17, 15) is 0 Å². The second-order valence-corrected chi connectivity index (χ2v) is 0.954. The Balaban J connectivity index is 3.07. The zero-order valence-corrected chi connectivity index (χ0v) is 4.02. The third-order valence-corrected chi connectivity index (χ3v) is 0.440. The highest BCUT2D eigenvalue weighted by molar-refractivity contribution is 4.96. The van der Waals surface area contributed by atoms with E-state index in [0.717, 1.165) is 0 Å². The maximum atomic E-state index is 3.49. The van der Waals surface area contributed by atoms with Crippen molar-refractivity contribution in [2.75, 3.05) is 0 Å². The predicted molar refractivity (Wildman–Crippen MR) is 26.8 cm³/mol. The van der Waals surface area contributed by atoms with Gasteiger partial charge >= 0.3 is 0 Å². The molecule has 0 aromatic heterocycles. The fraction of sp³-hybridized carbons (Fsp3) is 0.200. The van der Waals surface area contributed by atoms with Gasteiger partial charge in [-0.3, -0.25) is 0 Å². The molecule has 0 atom stereocenters. The molecule has 0 amide bonds. The average Bonchev–Trinajstić information content (AvgIpc) is 1.61. The third kappa shape index (κ3) is 3.44. The Morgan fingerprint density at radius 2 is 2.00 bits per heavy atom. The van der Waals surface area contributed by atoms with Gasteiger partial charge in [-0.2, -0.15) is 0 Å². The maximum absolute atomic E-state index is 3.49. The SMILES string of the molecule is C/C=C\C=C/[NH3+]. The van der Waals surface area contributed by atoms with Crippen LogP contribution in [0.5, 0.6) is 0 Å². The van der Waals surface area contributed by atoms with Crippen LogP contribution in [0.1, 0.15) is 6.92 Å². The summed E-state index contributed by atoms with van der Waals surface area (Å²) in [5, 5.41) is 0. The lowest BCUT2D eigenvalue weighted by Crippen LogP contribution is -2.38. The van der Waals surface area contributed by atoms with E-state index in [1.54, 1.807) is 6.20 Å². The Hall–Kier alpha value is -0.560. The summed E-state index contributed by atoms with van der Waals surface area (Å²) in [6.45, 7) is 1.97. The van der Waals surface area contributed by atoms with Crippen LogP contribution in [-0.2, 0) is 0 Å². The molecular weight excluding hydrogens is 74.1 g/mol. The fourth-order valence-corrected chi connectivity index (χ4v) is 0.190. The molecule has 0 saturated carbocycles. The smallest absolute Gasteiger partial charge is 0.0909 e. The highest BCUT2D eigenvalue weighted by atomic mass is 14.5. The number of hydrogen-bond acceptors (Lipinski definition) is 0. The first-order valence-corrected chi connectivity index (χ1v) is 1.99. The molecule has 0 saturated heterocycles. The van der Waals surface area contributed by atoms with Crippen molar-refractivity contribution in [1.29, 1.82) is 0 Å². The third-order valence-electron chi connectivity index (χ3n) is 0.440. The van der Waals surface area contributed by atoms with Crippen molar-refractivity contribution >= 4 is 0 Å². The van der Waals surface area contributed by atoms with Gasteiger partial charge in [0, 0.05) is 0 Å². The zero-order valence-electron chi connectivity index (χ0n) is 4.02. The van der Waals surface area contributed by atoms with Crippen molar-refractivity contribution in [2.24, 2.45) is 0 Å². The Kier molecular flexibility index (Phi) is 4.03. The van der Waals surface area contributed by atoms with Crippen molar-refractivity contribution in [1.82, 2.24) is 0 Å². The molecular formula is C5H10N+. The van der Waals surface area contributed by atoms with Crippen molar-refractivity contribution in [3.8, 4) is 0 Å². The van der Waals surface area contributed by atoms with Crippen LogP contribution in [0, 0.1) is 0 Å². The van der Waals surface area contributed by atoms with Gasteiger partial charge in [0.2, 0.25) is 0 Å². The summed E-state index contributed by atoms with van der Waals surface area (Å²) in [7, 11) is 0. The molecule has 0 aliphatic carbocycles. The van der Waals surface area contributed by atoms with Gasteiger partial charge in [0.05, 0.1) is 6.20 Å². The Morgan fingerprint density at radius 3 is 2.17 bits per heavy atom. The normalized spacial score (nSPS) is 11.7. The van der Waals surface area contributed by atoms with E-state index < -0.39 is 0 Å². The molecule has 0 fully saturated rings. The molecule has 0 aliphatic heterocycles. The largest absolute Gasteiger partial charge is 0.331 e. The standard InChI is InChI=1S/C5H9N/c1-2-3-4-5-6/h2-5H,6H2,1H3/p+1/b3-2-,5-4-. The molecule has 0 spiro atoms. The topological polar surface area (TPSA) is 27.6 Å². The summed E-state index contributed by atoms with van der Waals surface area (Å²) < 4.78 is 0. The lowest BCUT2D eigenvalue weighted by molar-refractivity contribution is -0.274. The maximum Gasteiger partial charge on any atom is 0.0909 e. The van der Waals surface area contributed by atoms with E-state index in [-0.39, 0.29) is 0 Å². The molecule has 6 heavy (non-hydrogen) atoms. The second kappa shape index (κ2) is 4.44. The molecule has 0 aromatic rings. The second-order valence-electron chi connectivity index (χ2n) is 0.954. The molecule has 0 rings (SSSR count). The summed E-state index contributed by atoms with van der Waals surface area (Å²) in [4.78, 5) is 0. The minimum Gasteiger partial charge on any atom is -0.331 e. The van der Waals surface area contributed by atoms with E-state index in [4.69, 9.17) is 0 Å². The Morgan fingerprint density at radius 1 is 1.33 bits per heavy atom. The van der Waals surface area contributed by atoms with Crippen molar-refractivity contribution in [3.05, 3.63) is 24.4 Å². The molecule has 1 nitrogen and oxygen atoms in total. The number of hydrogen-bond donors (Lipinski definition) is 1. The van der Waals surface area contributed by atoms with Gasteiger partial charge in [-0.15, -0.1) is 0 Å². The van der Waals surface area contributed by atoms with E-state index >= 15 is 0 Å². The molecule has 0 radical (unpaired) electrons. The molecule has 0 unspecified atom stereocenters. The van der Waals surface area contributed by atoms with Gasteiger partial charge in [-0.25, -0.2) is 0 Å². The summed E-state index contributed by atoms with van der Waals surface area (Å²) >= 11 is 0. The quantitative estimate of drug-likeness (QED) is 0.443. The lowest BCUT2D eigenvalue weighted by atomic mass is 10.5. The Bertz CT molecular complexity index is 52.3. The molecule has 1 heteroatoms. The molecule has 0 bridgehead atoms. The van der Waals surface area contributed by atoms with Crippen LogP contribution in [0.4, 0.5) is 0 Å². The van der Waals surface area contributed by atoms with E-state index in [1.807, 2.05) is 25.2 Å². The summed E-state index contributed by atoms with van der Waals surface area (Å²) in [5.41, 5.74) is 3.49. The summed E-state index contributed by atoms with van der Waals surface area (Å²) in [6, 6.07) is 0. The van der Waals surface area contributed by atoms with Crippen molar-refractivity contribution in [3.63, 3.8) is 0 Å². The van der Waals surface area contributed by atoms with Gasteiger partial charge < -0.3 is 5.73 Å². The first kappa shape index (κ1) is 5.44. The fourth-order valence-electron chi connectivity index (χ4n) is 0.190. The zero-order chi connectivity index (χ0) is 4.83. The van der Waals surface area contributed by atoms with Crippen LogP contribution in [0.3, 0.4) is 0 Å². The van der Waals surface area contributed by atoms with E-state index in [2.05, 4.69) is 5.73 Å². The highest BCUT2D eigenvalue weighted by Gasteiger charge is 1.51. The number of rotatable bonds is 1. The predicted octanol–water partition coefficient (Wildman–Crippen LogP) is 0.318. The minimum atomic E-state index is 1.75. The van der Waals surface area contributed by atoms with Crippen LogP contribution >= 0.6 is 0 Å². The van der Waals surface area contributed by atoms with Crippen LogP contribution in [0.25, 0.3) is 0 Å². The first-order valence-electron chi connectivity index (χ1n) is 1.99.